The highest BCUT2D eigenvalue weighted by molar-refractivity contribution is 9.10. The lowest BCUT2D eigenvalue weighted by Crippen LogP contribution is -2.38. The minimum Gasteiger partial charge on any atom is -0.370 e. The molecule has 0 radical (unpaired) electrons. The van der Waals surface area contributed by atoms with E-state index in [0.717, 1.165) is 56.7 Å². The third-order valence-corrected chi connectivity index (χ3v) is 9.69. The van der Waals surface area contributed by atoms with Crippen molar-refractivity contribution in [3.63, 3.8) is 0 Å². The number of nitrogens with one attached hydrogen (secondary N) is 1. The molecule has 6 rings (SSSR count). The Morgan fingerprint density at radius 2 is 1.68 bits per heavy atom. The summed E-state index contributed by atoms with van der Waals surface area (Å²) in [5.74, 6) is 1.29. The molecule has 2 aromatic carbocycles. The molecule has 2 aliphatic rings. The monoisotopic (exact) mass is 647 g/mol. The zero-order valence-electron chi connectivity index (χ0n) is 23.8. The van der Waals surface area contributed by atoms with Crippen molar-refractivity contribution in [2.75, 3.05) is 22.9 Å². The number of rotatable bonds is 5. The number of piperidine rings is 1. The maximum Gasteiger partial charge on any atom is 0.174 e. The fraction of sp³-hybridized carbons (Fsp3) is 0.333. The smallest absolute Gasteiger partial charge is 0.174 e. The molecule has 5 nitrogen and oxygen atoms in total. The second-order valence-electron chi connectivity index (χ2n) is 11.6. The van der Waals surface area contributed by atoms with Crippen molar-refractivity contribution in [2.45, 2.75) is 46.2 Å². The summed E-state index contributed by atoms with van der Waals surface area (Å²) < 4.78 is 3.36. The van der Waals surface area contributed by atoms with Crippen LogP contribution < -0.4 is 15.1 Å². The molecule has 41 heavy (non-hydrogen) atoms. The average Bonchev–Trinajstić information content (AvgIpc) is 3.43. The van der Waals surface area contributed by atoms with Crippen LogP contribution in [0.2, 0.25) is 5.02 Å². The van der Waals surface area contributed by atoms with Crippen molar-refractivity contribution in [2.24, 2.45) is 11.8 Å². The summed E-state index contributed by atoms with van der Waals surface area (Å²) in [5.41, 5.74) is 7.65. The van der Waals surface area contributed by atoms with Crippen LogP contribution in [-0.2, 0) is 0 Å². The van der Waals surface area contributed by atoms with Crippen LogP contribution >= 0.6 is 39.7 Å². The summed E-state index contributed by atoms with van der Waals surface area (Å²) in [7, 11) is 0. The van der Waals surface area contributed by atoms with Gasteiger partial charge in [0.25, 0.3) is 0 Å². The third-order valence-electron chi connectivity index (χ3n) is 8.40. The summed E-state index contributed by atoms with van der Waals surface area (Å²) >= 11 is 16.8. The third kappa shape index (κ3) is 5.28. The minimum absolute atomic E-state index is 0.114. The largest absolute Gasteiger partial charge is 0.370 e. The number of nitrogens with zero attached hydrogens (tertiary/aromatic N) is 4. The van der Waals surface area contributed by atoms with Crippen LogP contribution in [0.25, 0.3) is 5.69 Å². The summed E-state index contributed by atoms with van der Waals surface area (Å²) in [5, 5.41) is 5.03. The Kier molecular flexibility index (Phi) is 7.88. The summed E-state index contributed by atoms with van der Waals surface area (Å²) in [6, 6.07) is 22.8. The molecule has 2 saturated heterocycles. The van der Waals surface area contributed by atoms with Crippen LogP contribution in [0.4, 0.5) is 11.4 Å². The topological polar surface area (TPSA) is 36.3 Å². The van der Waals surface area contributed by atoms with Gasteiger partial charge in [-0.2, -0.15) is 0 Å². The minimum atomic E-state index is -0.126. The van der Waals surface area contributed by atoms with Gasteiger partial charge in [0.05, 0.1) is 34.2 Å². The molecule has 2 fully saturated rings. The number of pyridine rings is 1. The van der Waals surface area contributed by atoms with Crippen molar-refractivity contribution in [1.82, 2.24) is 14.9 Å². The van der Waals surface area contributed by atoms with E-state index in [1.54, 1.807) is 0 Å². The van der Waals surface area contributed by atoms with E-state index in [-0.39, 0.29) is 12.1 Å². The van der Waals surface area contributed by atoms with Crippen LogP contribution in [0.3, 0.4) is 0 Å². The van der Waals surface area contributed by atoms with E-state index < -0.39 is 0 Å². The first-order chi connectivity index (χ1) is 19.7. The maximum absolute atomic E-state index is 7.04. The molecular weight excluding hydrogens is 614 g/mol. The molecule has 4 heterocycles. The van der Waals surface area contributed by atoms with Gasteiger partial charge >= 0.3 is 0 Å². The van der Waals surface area contributed by atoms with E-state index >= 15 is 0 Å². The van der Waals surface area contributed by atoms with Gasteiger partial charge in [-0.3, -0.25) is 4.98 Å². The molecule has 4 aromatic rings. The fourth-order valence-corrected chi connectivity index (χ4v) is 7.90. The standard InChI is InChI=1S/C33H35BrClN5S/c1-20-15-21(2)19-38(18-20)30-13-12-24(17-27(30)35)40-32(31(37-33(40)41)28-10-7-8-14-36-28)25-16-22(3)39(23(25)4)29-11-6-5-9-26(29)34/h5-14,16-17,20-21,31-32H,15,18-19H2,1-4H3,(H,37,41)/t20-,21+,31-,32+/m1/s1. The van der Waals surface area contributed by atoms with Gasteiger partial charge in [0, 0.05) is 40.8 Å². The van der Waals surface area contributed by atoms with Gasteiger partial charge in [-0.15, -0.1) is 0 Å². The first-order valence-corrected chi connectivity index (χ1v) is 15.8. The predicted molar refractivity (Wildman–Crippen MR) is 177 cm³/mol. The van der Waals surface area contributed by atoms with Crippen LogP contribution in [0.1, 0.15) is 55.0 Å². The van der Waals surface area contributed by atoms with E-state index in [1.807, 2.05) is 24.4 Å². The number of halogens is 2. The van der Waals surface area contributed by atoms with Crippen LogP contribution in [0, 0.1) is 25.7 Å². The molecule has 0 saturated carbocycles. The maximum atomic E-state index is 7.04. The lowest BCUT2D eigenvalue weighted by Gasteiger charge is -2.37. The van der Waals surface area contributed by atoms with Crippen molar-refractivity contribution in [3.05, 3.63) is 105 Å². The van der Waals surface area contributed by atoms with Gasteiger partial charge in [-0.1, -0.05) is 43.6 Å². The summed E-state index contributed by atoms with van der Waals surface area (Å²) in [6.07, 6.45) is 3.10. The number of aryl methyl sites for hydroxylation is 1. The SMILES string of the molecule is Cc1cc([C@H]2[C@@H](c3ccccn3)NC(=S)N2c2ccc(N3C[C@H](C)C[C@H](C)C3)c(Cl)c2)c(C)n1-c1ccccc1Br. The van der Waals surface area contributed by atoms with Gasteiger partial charge in [-0.05, 0) is 114 Å². The Hall–Kier alpha value is -2.87. The Balaban J connectivity index is 1.45. The highest BCUT2D eigenvalue weighted by Crippen LogP contribution is 2.45. The molecule has 0 spiro atoms. The van der Waals surface area contributed by atoms with Crippen LogP contribution in [0.15, 0.2) is 77.4 Å². The number of hydrogen-bond acceptors (Lipinski definition) is 3. The molecule has 0 bridgehead atoms. The predicted octanol–water partition coefficient (Wildman–Crippen LogP) is 8.56. The molecule has 212 valence electrons. The lowest BCUT2D eigenvalue weighted by molar-refractivity contribution is 0.357. The van der Waals surface area contributed by atoms with Gasteiger partial charge in [0.15, 0.2) is 5.11 Å². The highest BCUT2D eigenvalue weighted by atomic mass is 79.9. The highest BCUT2D eigenvalue weighted by Gasteiger charge is 2.42. The number of anilines is 2. The van der Waals surface area contributed by atoms with E-state index in [9.17, 15) is 0 Å². The molecule has 1 N–H and O–H groups in total. The van der Waals surface area contributed by atoms with Gasteiger partial charge < -0.3 is 19.7 Å². The van der Waals surface area contributed by atoms with Crippen molar-refractivity contribution in [1.29, 1.82) is 0 Å². The Bertz CT molecular complexity index is 1580. The second-order valence-corrected chi connectivity index (χ2v) is 13.2. The van der Waals surface area contributed by atoms with E-state index in [1.165, 1.54) is 12.0 Å². The summed E-state index contributed by atoms with van der Waals surface area (Å²) in [6.45, 7) is 11.0. The number of thiocarbonyl (C=S) groups is 1. The molecule has 4 atom stereocenters. The van der Waals surface area contributed by atoms with Gasteiger partial charge in [0.1, 0.15) is 0 Å². The first kappa shape index (κ1) is 28.3. The van der Waals surface area contributed by atoms with Gasteiger partial charge in [-0.25, -0.2) is 0 Å². The number of para-hydroxylation sites is 1. The van der Waals surface area contributed by atoms with Crippen LogP contribution in [-0.4, -0.2) is 27.8 Å². The molecule has 0 amide bonds. The van der Waals surface area contributed by atoms with Crippen molar-refractivity contribution >= 4 is 56.2 Å². The molecular formula is C33H35BrClN5S. The fourth-order valence-electron chi connectivity index (χ4n) is 6.80. The molecule has 8 heteroatoms. The van der Waals surface area contributed by atoms with E-state index in [0.29, 0.717) is 16.9 Å². The normalized spacial score (nSPS) is 22.7. The van der Waals surface area contributed by atoms with Crippen molar-refractivity contribution in [3.8, 4) is 5.69 Å². The molecule has 2 aliphatic heterocycles. The zero-order valence-corrected chi connectivity index (χ0v) is 27.0. The van der Waals surface area contributed by atoms with E-state index in [4.69, 9.17) is 28.8 Å². The Morgan fingerprint density at radius 3 is 2.37 bits per heavy atom. The number of benzene rings is 2. The average molecular weight is 649 g/mol. The molecule has 2 aromatic heterocycles. The van der Waals surface area contributed by atoms with Crippen molar-refractivity contribution < 1.29 is 0 Å². The quantitative estimate of drug-likeness (QED) is 0.220. The summed E-state index contributed by atoms with van der Waals surface area (Å²) in [4.78, 5) is 9.40. The first-order valence-electron chi connectivity index (χ1n) is 14.2. The zero-order chi connectivity index (χ0) is 28.8. The van der Waals surface area contributed by atoms with E-state index in [2.05, 4.69) is 112 Å². The second kappa shape index (κ2) is 11.4. The number of aromatic nitrogens is 2. The van der Waals surface area contributed by atoms with Crippen LogP contribution in [0.5, 0.6) is 0 Å². The lowest BCUT2D eigenvalue weighted by atomic mass is 9.91. The molecule has 0 aliphatic carbocycles. The molecule has 0 unspecified atom stereocenters. The Labute approximate surface area is 261 Å². The van der Waals surface area contributed by atoms with Gasteiger partial charge in [0.2, 0.25) is 0 Å². The Morgan fingerprint density at radius 1 is 0.951 bits per heavy atom. The number of hydrogen-bond donors (Lipinski definition) is 1.